The van der Waals surface area contributed by atoms with Crippen molar-refractivity contribution in [2.24, 2.45) is 5.14 Å². The maximum Gasteiger partial charge on any atom is 0.338 e. The van der Waals surface area contributed by atoms with Crippen molar-refractivity contribution in [2.75, 3.05) is 0 Å². The van der Waals surface area contributed by atoms with E-state index in [4.69, 9.17) is 9.88 Å². The molecule has 160 valence electrons. The number of primary sulfonamides is 1. The summed E-state index contributed by atoms with van der Waals surface area (Å²) in [5.41, 5.74) is 1.74. The van der Waals surface area contributed by atoms with Crippen molar-refractivity contribution < 1.29 is 17.9 Å². The maximum absolute atomic E-state index is 12.6. The Morgan fingerprint density at radius 1 is 1.06 bits per heavy atom. The standard InChI is InChI=1S/C23H23N3O4S/c1-2-3-12-26-21-11-10-19(31(24,28)29)14-20(21)25-22(26)15-30-23(27)18-9-8-16-6-4-5-7-17(16)13-18/h4-11,13-14H,2-3,12,15H2,1H3,(H2,24,28,29). The van der Waals surface area contributed by atoms with E-state index >= 15 is 0 Å². The van der Waals surface area contributed by atoms with Gasteiger partial charge in [0.2, 0.25) is 10.0 Å². The van der Waals surface area contributed by atoms with E-state index in [0.717, 1.165) is 29.1 Å². The van der Waals surface area contributed by atoms with Crippen LogP contribution in [-0.4, -0.2) is 23.9 Å². The highest BCUT2D eigenvalue weighted by Gasteiger charge is 2.16. The number of esters is 1. The van der Waals surface area contributed by atoms with Crippen molar-refractivity contribution >= 4 is 37.8 Å². The van der Waals surface area contributed by atoms with Crippen LogP contribution in [0, 0.1) is 0 Å². The Bertz CT molecular complexity index is 1380. The molecule has 8 heteroatoms. The lowest BCUT2D eigenvalue weighted by Crippen LogP contribution is -2.12. The molecule has 0 aliphatic carbocycles. The number of carbonyl (C=O) groups excluding carboxylic acids is 1. The fourth-order valence-corrected chi connectivity index (χ4v) is 4.08. The van der Waals surface area contributed by atoms with Crippen LogP contribution in [0.3, 0.4) is 0 Å². The minimum absolute atomic E-state index is 0.000139. The zero-order valence-corrected chi connectivity index (χ0v) is 17.9. The first-order valence-corrected chi connectivity index (χ1v) is 11.6. The lowest BCUT2D eigenvalue weighted by atomic mass is 10.1. The topological polar surface area (TPSA) is 104 Å². The van der Waals surface area contributed by atoms with Crippen LogP contribution in [0.15, 0.2) is 65.6 Å². The van der Waals surface area contributed by atoms with Gasteiger partial charge in [-0.2, -0.15) is 0 Å². The number of nitrogens with two attached hydrogens (primary N) is 1. The molecule has 7 nitrogen and oxygen atoms in total. The summed E-state index contributed by atoms with van der Waals surface area (Å²) in [6, 6.07) is 17.8. The van der Waals surface area contributed by atoms with E-state index in [1.54, 1.807) is 18.2 Å². The van der Waals surface area contributed by atoms with Gasteiger partial charge in [-0.25, -0.2) is 23.3 Å². The smallest absolute Gasteiger partial charge is 0.338 e. The highest BCUT2D eigenvalue weighted by molar-refractivity contribution is 7.89. The summed E-state index contributed by atoms with van der Waals surface area (Å²) in [4.78, 5) is 17.2. The predicted molar refractivity (Wildman–Crippen MR) is 119 cm³/mol. The first-order chi connectivity index (χ1) is 14.9. The number of aromatic nitrogens is 2. The van der Waals surface area contributed by atoms with Crippen LogP contribution < -0.4 is 5.14 Å². The number of sulfonamides is 1. The van der Waals surface area contributed by atoms with Crippen LogP contribution in [-0.2, 0) is 27.9 Å². The highest BCUT2D eigenvalue weighted by Crippen LogP contribution is 2.22. The predicted octanol–water partition coefficient (Wildman–Crippen LogP) is 3.99. The number of rotatable bonds is 7. The molecule has 4 rings (SSSR count). The zero-order valence-electron chi connectivity index (χ0n) is 17.1. The number of carbonyl (C=O) groups is 1. The molecule has 0 aliphatic rings. The van der Waals surface area contributed by atoms with Gasteiger partial charge in [0.05, 0.1) is 21.5 Å². The monoisotopic (exact) mass is 437 g/mol. The van der Waals surface area contributed by atoms with E-state index < -0.39 is 16.0 Å². The summed E-state index contributed by atoms with van der Waals surface area (Å²) in [5.74, 6) is 0.120. The number of aryl methyl sites for hydroxylation is 1. The molecular weight excluding hydrogens is 414 g/mol. The van der Waals surface area contributed by atoms with E-state index in [1.165, 1.54) is 12.1 Å². The summed E-state index contributed by atoms with van der Waals surface area (Å²) >= 11 is 0. The number of hydrogen-bond acceptors (Lipinski definition) is 5. The molecule has 0 saturated carbocycles. The lowest BCUT2D eigenvalue weighted by Gasteiger charge is -2.10. The minimum Gasteiger partial charge on any atom is -0.454 e. The molecule has 0 bridgehead atoms. The van der Waals surface area contributed by atoms with E-state index in [9.17, 15) is 13.2 Å². The van der Waals surface area contributed by atoms with Crippen molar-refractivity contribution in [1.82, 2.24) is 9.55 Å². The van der Waals surface area contributed by atoms with Gasteiger partial charge >= 0.3 is 5.97 Å². The number of nitrogens with zero attached hydrogens (tertiary/aromatic N) is 2. The van der Waals surface area contributed by atoms with Crippen molar-refractivity contribution in [3.8, 4) is 0 Å². The van der Waals surface area contributed by atoms with Crippen LogP contribution >= 0.6 is 0 Å². The van der Waals surface area contributed by atoms with Gasteiger partial charge in [0.25, 0.3) is 0 Å². The quantitative estimate of drug-likeness (QED) is 0.440. The van der Waals surface area contributed by atoms with Gasteiger partial charge in [-0.1, -0.05) is 43.7 Å². The van der Waals surface area contributed by atoms with E-state index in [2.05, 4.69) is 11.9 Å². The average molecular weight is 438 g/mol. The first kappa shape index (κ1) is 21.0. The molecule has 4 aromatic rings. The van der Waals surface area contributed by atoms with Crippen molar-refractivity contribution in [3.63, 3.8) is 0 Å². The van der Waals surface area contributed by atoms with E-state index in [0.29, 0.717) is 23.4 Å². The van der Waals surface area contributed by atoms with Gasteiger partial charge in [-0.05, 0) is 47.5 Å². The summed E-state index contributed by atoms with van der Waals surface area (Å²) in [6.07, 6.45) is 1.89. The molecule has 0 saturated heterocycles. The molecule has 1 aromatic heterocycles. The van der Waals surface area contributed by atoms with Crippen LogP contribution in [0.5, 0.6) is 0 Å². The molecule has 2 N–H and O–H groups in total. The normalized spacial score (nSPS) is 11.8. The first-order valence-electron chi connectivity index (χ1n) is 10.0. The number of ether oxygens (including phenoxy) is 1. The number of imidazole rings is 1. The third-order valence-electron chi connectivity index (χ3n) is 5.18. The second-order valence-electron chi connectivity index (χ2n) is 7.37. The fraction of sp³-hybridized carbons (Fsp3) is 0.217. The molecule has 0 atom stereocenters. The maximum atomic E-state index is 12.6. The van der Waals surface area contributed by atoms with Gasteiger partial charge in [-0.15, -0.1) is 0 Å². The minimum atomic E-state index is -3.83. The van der Waals surface area contributed by atoms with Crippen LogP contribution in [0.2, 0.25) is 0 Å². The molecule has 0 unspecified atom stereocenters. The van der Waals surface area contributed by atoms with Crippen molar-refractivity contribution in [1.29, 1.82) is 0 Å². The van der Waals surface area contributed by atoms with Crippen LogP contribution in [0.25, 0.3) is 21.8 Å². The summed E-state index contributed by atoms with van der Waals surface area (Å²) in [7, 11) is -3.83. The Morgan fingerprint density at radius 3 is 2.58 bits per heavy atom. The van der Waals surface area contributed by atoms with E-state index in [1.807, 2.05) is 34.9 Å². The summed E-state index contributed by atoms with van der Waals surface area (Å²) < 4.78 is 30.9. The Labute approximate surface area is 180 Å². The van der Waals surface area contributed by atoms with Crippen LogP contribution in [0.4, 0.5) is 0 Å². The van der Waals surface area contributed by atoms with Gasteiger partial charge < -0.3 is 9.30 Å². The number of benzene rings is 3. The largest absolute Gasteiger partial charge is 0.454 e. The van der Waals surface area contributed by atoms with Crippen LogP contribution in [0.1, 0.15) is 35.9 Å². The number of unbranched alkanes of at least 4 members (excludes halogenated alkanes) is 1. The molecule has 3 aromatic carbocycles. The van der Waals surface area contributed by atoms with Crippen molar-refractivity contribution in [3.05, 3.63) is 72.1 Å². The number of fused-ring (bicyclic) bond motifs is 2. The molecular formula is C23H23N3O4S. The SMILES string of the molecule is CCCCn1c(COC(=O)c2ccc3ccccc3c2)nc2cc(S(N)(=O)=O)ccc21. The fourth-order valence-electron chi connectivity index (χ4n) is 3.54. The Kier molecular flexibility index (Phi) is 5.75. The molecule has 0 radical (unpaired) electrons. The Balaban J connectivity index is 1.61. The molecule has 0 fully saturated rings. The highest BCUT2D eigenvalue weighted by atomic mass is 32.2. The Hall–Kier alpha value is -3.23. The molecule has 0 aliphatic heterocycles. The van der Waals surface area contributed by atoms with Gasteiger partial charge in [0.15, 0.2) is 0 Å². The second-order valence-corrected chi connectivity index (χ2v) is 8.93. The van der Waals surface area contributed by atoms with Crippen molar-refractivity contribution in [2.45, 2.75) is 37.8 Å². The van der Waals surface area contributed by atoms with Gasteiger partial charge in [-0.3, -0.25) is 0 Å². The van der Waals surface area contributed by atoms with E-state index in [-0.39, 0.29) is 11.5 Å². The molecule has 0 amide bonds. The second kappa shape index (κ2) is 8.49. The summed E-state index contributed by atoms with van der Waals surface area (Å²) in [5, 5.41) is 7.25. The third-order valence-corrected chi connectivity index (χ3v) is 6.09. The number of hydrogen-bond donors (Lipinski definition) is 1. The Morgan fingerprint density at radius 2 is 1.84 bits per heavy atom. The van der Waals surface area contributed by atoms with Gasteiger partial charge in [0.1, 0.15) is 12.4 Å². The third kappa shape index (κ3) is 4.45. The molecule has 31 heavy (non-hydrogen) atoms. The van der Waals surface area contributed by atoms with Gasteiger partial charge in [0, 0.05) is 6.54 Å². The molecule has 0 spiro atoms. The zero-order chi connectivity index (χ0) is 22.0. The average Bonchev–Trinajstić information content (AvgIpc) is 3.11. The molecule has 1 heterocycles. The lowest BCUT2D eigenvalue weighted by molar-refractivity contribution is 0.0458. The summed E-state index contributed by atoms with van der Waals surface area (Å²) in [6.45, 7) is 2.75.